The molecule has 202 valence electrons. The minimum Gasteiger partial charge on any atom is -0.495 e. The molecule has 3 N–H and O–H groups in total. The Hall–Kier alpha value is -2.88. The number of fused-ring (bicyclic) bond motifs is 3. The van der Waals surface area contributed by atoms with Crippen molar-refractivity contribution in [1.29, 1.82) is 0 Å². The third-order valence-electron chi connectivity index (χ3n) is 8.62. The summed E-state index contributed by atoms with van der Waals surface area (Å²) >= 11 is 6.44. The van der Waals surface area contributed by atoms with Gasteiger partial charge in [-0.15, -0.1) is 0 Å². The van der Waals surface area contributed by atoms with Gasteiger partial charge in [0.2, 0.25) is 5.95 Å². The molecule has 1 saturated carbocycles. The summed E-state index contributed by atoms with van der Waals surface area (Å²) in [7, 11) is 1.67. The predicted octanol–water partition coefficient (Wildman–Crippen LogP) is 4.15. The molecule has 0 spiro atoms. The zero-order chi connectivity index (χ0) is 26.2. The lowest BCUT2D eigenvalue weighted by molar-refractivity contribution is -0.142. The first-order chi connectivity index (χ1) is 18.5. The molecule has 2 aromatic rings. The second-order valence-electron chi connectivity index (χ2n) is 10.7. The topological polar surface area (TPSA) is 109 Å². The van der Waals surface area contributed by atoms with Gasteiger partial charge in [-0.2, -0.15) is 4.98 Å². The first kappa shape index (κ1) is 25.4. The summed E-state index contributed by atoms with van der Waals surface area (Å²) in [4.78, 5) is 23.5. The Morgan fingerprint density at radius 1 is 1.16 bits per heavy atom. The number of carboxylic acids is 1. The molecule has 6 rings (SSSR count). The molecule has 4 aliphatic rings. The molecule has 9 nitrogen and oxygen atoms in total. The van der Waals surface area contributed by atoms with E-state index in [1.807, 2.05) is 6.08 Å². The summed E-state index contributed by atoms with van der Waals surface area (Å²) in [5, 5.41) is 16.8. The van der Waals surface area contributed by atoms with Gasteiger partial charge in [-0.3, -0.25) is 9.69 Å². The minimum atomic E-state index is -0.798. The van der Waals surface area contributed by atoms with Crippen LogP contribution in [0.4, 0.5) is 17.5 Å². The third kappa shape index (κ3) is 4.95. The van der Waals surface area contributed by atoms with E-state index in [1.54, 1.807) is 13.3 Å². The van der Waals surface area contributed by atoms with Gasteiger partial charge in [0.15, 0.2) is 5.82 Å². The van der Waals surface area contributed by atoms with Crippen LogP contribution in [0.3, 0.4) is 0 Å². The van der Waals surface area contributed by atoms with Crippen molar-refractivity contribution in [2.45, 2.75) is 44.2 Å². The number of anilines is 3. The lowest BCUT2D eigenvalue weighted by Gasteiger charge is -2.33. The normalized spacial score (nSPS) is 28.5. The number of methoxy groups -OCH3 is 1. The standard InChI is InChI=1S/C28H34ClN5O4/c1-37-23-14-17-5-7-20(34-8-10-38-11-9-34)6-4-16(17)13-22(23)31-28-30-15-21(29)26(33-28)32-25-19-3-2-18(12-19)24(25)27(35)36/h2-3,13-15,18-20,24-25H,4-12H2,1H3,(H,35,36)(H2,30,31,32,33)/t18-,19+,20?,24+,25-/m1/s1. The van der Waals surface area contributed by atoms with Crippen molar-refractivity contribution in [2.75, 3.05) is 44.0 Å². The Labute approximate surface area is 227 Å². The molecule has 1 aliphatic heterocycles. The van der Waals surface area contributed by atoms with Crippen molar-refractivity contribution in [3.8, 4) is 5.75 Å². The zero-order valence-corrected chi connectivity index (χ0v) is 22.3. The monoisotopic (exact) mass is 539 g/mol. The molecule has 1 aromatic carbocycles. The van der Waals surface area contributed by atoms with Crippen LogP contribution < -0.4 is 15.4 Å². The van der Waals surface area contributed by atoms with Crippen LogP contribution in [0.15, 0.2) is 30.5 Å². The van der Waals surface area contributed by atoms with Crippen LogP contribution in [0.5, 0.6) is 5.75 Å². The highest BCUT2D eigenvalue weighted by Gasteiger charge is 2.48. The number of benzene rings is 1. The number of hydrogen-bond acceptors (Lipinski definition) is 8. The summed E-state index contributed by atoms with van der Waals surface area (Å²) in [6, 6.07) is 4.59. The summed E-state index contributed by atoms with van der Waals surface area (Å²) in [5.74, 6) is 0.441. The number of nitrogens with one attached hydrogen (secondary N) is 2. The van der Waals surface area contributed by atoms with Gasteiger partial charge < -0.3 is 25.2 Å². The number of aromatic nitrogens is 2. The fourth-order valence-corrected chi connectivity index (χ4v) is 6.80. The van der Waals surface area contributed by atoms with Crippen LogP contribution in [0.25, 0.3) is 0 Å². The molecule has 38 heavy (non-hydrogen) atoms. The molecule has 0 radical (unpaired) electrons. The van der Waals surface area contributed by atoms with Crippen molar-refractivity contribution >= 4 is 35.0 Å². The van der Waals surface area contributed by atoms with Gasteiger partial charge in [0.25, 0.3) is 0 Å². The molecule has 10 heteroatoms. The highest BCUT2D eigenvalue weighted by atomic mass is 35.5. The molecule has 0 amide bonds. The van der Waals surface area contributed by atoms with Gasteiger partial charge in [0.05, 0.1) is 38.1 Å². The number of aliphatic carboxylic acids is 1. The van der Waals surface area contributed by atoms with Gasteiger partial charge in [0.1, 0.15) is 10.8 Å². The average Bonchev–Trinajstić information content (AvgIpc) is 3.47. The molecule has 2 bridgehead atoms. The molecule has 2 heterocycles. The predicted molar refractivity (Wildman–Crippen MR) is 145 cm³/mol. The number of carbonyl (C=O) groups is 1. The van der Waals surface area contributed by atoms with Crippen molar-refractivity contribution in [3.63, 3.8) is 0 Å². The second kappa shape index (κ2) is 10.7. The fourth-order valence-electron chi connectivity index (χ4n) is 6.66. The number of allylic oxidation sites excluding steroid dienone is 1. The van der Waals surface area contributed by atoms with Gasteiger partial charge in [-0.05, 0) is 67.2 Å². The highest BCUT2D eigenvalue weighted by Crippen LogP contribution is 2.45. The second-order valence-corrected chi connectivity index (χ2v) is 11.1. The van der Waals surface area contributed by atoms with Crippen LogP contribution in [0, 0.1) is 17.8 Å². The van der Waals surface area contributed by atoms with E-state index >= 15 is 0 Å². The maximum atomic E-state index is 11.9. The highest BCUT2D eigenvalue weighted by molar-refractivity contribution is 6.32. The molecular weight excluding hydrogens is 506 g/mol. The number of morpholine rings is 1. The van der Waals surface area contributed by atoms with E-state index in [0.29, 0.717) is 22.8 Å². The Balaban J connectivity index is 1.20. The molecule has 1 saturated heterocycles. The largest absolute Gasteiger partial charge is 0.495 e. The molecular formula is C28H34ClN5O4. The van der Waals surface area contributed by atoms with E-state index in [0.717, 1.165) is 69.8 Å². The van der Waals surface area contributed by atoms with Crippen molar-refractivity contribution in [1.82, 2.24) is 14.9 Å². The Bertz CT molecular complexity index is 1230. The van der Waals surface area contributed by atoms with Gasteiger partial charge in [-0.25, -0.2) is 4.98 Å². The minimum absolute atomic E-state index is 0.0416. The van der Waals surface area contributed by atoms with Crippen molar-refractivity contribution in [3.05, 3.63) is 46.6 Å². The summed E-state index contributed by atoms with van der Waals surface area (Å²) in [5.41, 5.74) is 3.44. The third-order valence-corrected chi connectivity index (χ3v) is 8.89. The Morgan fingerprint density at radius 2 is 1.89 bits per heavy atom. The number of hydrogen-bond donors (Lipinski definition) is 3. The first-order valence-corrected chi connectivity index (χ1v) is 13.9. The number of rotatable bonds is 7. The van der Waals surface area contributed by atoms with E-state index in [2.05, 4.69) is 43.7 Å². The van der Waals surface area contributed by atoms with E-state index in [4.69, 9.17) is 21.1 Å². The van der Waals surface area contributed by atoms with Crippen LogP contribution in [-0.4, -0.2) is 71.4 Å². The van der Waals surface area contributed by atoms with Crippen LogP contribution in [-0.2, 0) is 22.4 Å². The van der Waals surface area contributed by atoms with E-state index in [9.17, 15) is 9.90 Å². The van der Waals surface area contributed by atoms with Gasteiger partial charge in [-0.1, -0.05) is 23.8 Å². The van der Waals surface area contributed by atoms with E-state index in [1.165, 1.54) is 11.1 Å². The van der Waals surface area contributed by atoms with Crippen molar-refractivity contribution < 1.29 is 19.4 Å². The van der Waals surface area contributed by atoms with Gasteiger partial charge in [0, 0.05) is 25.2 Å². The summed E-state index contributed by atoms with van der Waals surface area (Å²) in [6.07, 6.45) is 10.8. The van der Waals surface area contributed by atoms with Crippen molar-refractivity contribution in [2.24, 2.45) is 17.8 Å². The maximum Gasteiger partial charge on any atom is 0.309 e. The van der Waals surface area contributed by atoms with Crippen LogP contribution >= 0.6 is 11.6 Å². The molecule has 1 aromatic heterocycles. The molecule has 5 atom stereocenters. The van der Waals surface area contributed by atoms with E-state index < -0.39 is 11.9 Å². The average molecular weight is 540 g/mol. The Kier molecular flexibility index (Phi) is 7.16. The SMILES string of the molecule is COc1cc2c(cc1Nc1ncc(Cl)c(N[C@H]3[C@@H](C(=O)O)[C@@H]4C=C[C@H]3C4)n1)CCC(N1CCOCC1)CC2. The molecule has 2 fully saturated rings. The summed E-state index contributed by atoms with van der Waals surface area (Å²) < 4.78 is 11.3. The molecule has 1 unspecified atom stereocenters. The van der Waals surface area contributed by atoms with Crippen LogP contribution in [0.2, 0.25) is 5.02 Å². The van der Waals surface area contributed by atoms with Crippen LogP contribution in [0.1, 0.15) is 30.4 Å². The quantitative estimate of drug-likeness (QED) is 0.353. The van der Waals surface area contributed by atoms with Gasteiger partial charge >= 0.3 is 5.97 Å². The fraction of sp³-hybridized carbons (Fsp3) is 0.536. The number of aryl methyl sites for hydroxylation is 2. The molecule has 3 aliphatic carbocycles. The maximum absolute atomic E-state index is 11.9. The first-order valence-electron chi connectivity index (χ1n) is 13.5. The lowest BCUT2D eigenvalue weighted by atomic mass is 9.89. The summed E-state index contributed by atoms with van der Waals surface area (Å²) in [6.45, 7) is 3.65. The number of halogens is 1. The number of ether oxygens (including phenoxy) is 2. The van der Waals surface area contributed by atoms with E-state index in [-0.39, 0.29) is 17.9 Å². The zero-order valence-electron chi connectivity index (χ0n) is 21.5. The Morgan fingerprint density at radius 3 is 2.63 bits per heavy atom. The smallest absolute Gasteiger partial charge is 0.309 e. The number of carboxylic acid groups (broad SMARTS) is 1. The number of nitrogens with zero attached hydrogens (tertiary/aromatic N) is 3. The lowest BCUT2D eigenvalue weighted by Crippen LogP contribution is -2.43.